The zero-order valence-electron chi connectivity index (χ0n) is 13.8. The standard InChI is InChI=1S/C15H28N2O4S/c1-14(2,3)21-13(18)17-15(7-4-8-15)11-16-12-5-9-22(19,20)10-6-12/h12,16H,4-11H2,1-3H3,(H,17,18). The van der Waals surface area contributed by atoms with Crippen LogP contribution in [0, 0.1) is 0 Å². The number of nitrogens with one attached hydrogen (secondary N) is 2. The van der Waals surface area contributed by atoms with Crippen molar-refractivity contribution in [1.82, 2.24) is 10.6 Å². The van der Waals surface area contributed by atoms with Gasteiger partial charge in [0.1, 0.15) is 15.4 Å². The minimum absolute atomic E-state index is 0.224. The molecular formula is C15H28N2O4S. The fourth-order valence-corrected chi connectivity index (χ4v) is 4.39. The molecule has 1 heterocycles. The third-order valence-electron chi connectivity index (χ3n) is 4.36. The Morgan fingerprint density at radius 1 is 1.23 bits per heavy atom. The number of amides is 1. The van der Waals surface area contributed by atoms with Crippen molar-refractivity contribution in [1.29, 1.82) is 0 Å². The Morgan fingerprint density at radius 3 is 2.27 bits per heavy atom. The number of rotatable bonds is 4. The van der Waals surface area contributed by atoms with Gasteiger partial charge < -0.3 is 15.4 Å². The maximum atomic E-state index is 12.0. The highest BCUT2D eigenvalue weighted by atomic mass is 32.2. The highest BCUT2D eigenvalue weighted by Gasteiger charge is 2.40. The molecule has 2 aliphatic rings. The molecule has 2 N–H and O–H groups in total. The Balaban J connectivity index is 1.80. The van der Waals surface area contributed by atoms with E-state index < -0.39 is 15.4 Å². The first kappa shape index (κ1) is 17.5. The lowest BCUT2D eigenvalue weighted by molar-refractivity contribution is 0.0378. The summed E-state index contributed by atoms with van der Waals surface area (Å²) in [7, 11) is -2.83. The summed E-state index contributed by atoms with van der Waals surface area (Å²) in [4.78, 5) is 12.0. The lowest BCUT2D eigenvalue weighted by Crippen LogP contribution is -2.61. The molecule has 2 fully saturated rings. The van der Waals surface area contributed by atoms with E-state index in [0.29, 0.717) is 19.4 Å². The average Bonchev–Trinajstić information content (AvgIpc) is 2.31. The van der Waals surface area contributed by atoms with Crippen molar-refractivity contribution in [3.8, 4) is 0 Å². The van der Waals surface area contributed by atoms with Gasteiger partial charge in [-0.05, 0) is 52.9 Å². The van der Waals surface area contributed by atoms with Crippen LogP contribution in [0.4, 0.5) is 4.79 Å². The molecule has 0 radical (unpaired) electrons. The van der Waals surface area contributed by atoms with Gasteiger partial charge in [-0.3, -0.25) is 0 Å². The molecule has 2 rings (SSSR count). The minimum Gasteiger partial charge on any atom is -0.444 e. The van der Waals surface area contributed by atoms with Gasteiger partial charge in [0, 0.05) is 12.6 Å². The molecule has 0 atom stereocenters. The van der Waals surface area contributed by atoms with E-state index in [-0.39, 0.29) is 29.2 Å². The first-order chi connectivity index (χ1) is 10.1. The number of hydrogen-bond acceptors (Lipinski definition) is 5. The van der Waals surface area contributed by atoms with Gasteiger partial charge in [-0.1, -0.05) is 0 Å². The van der Waals surface area contributed by atoms with Crippen LogP contribution < -0.4 is 10.6 Å². The quantitative estimate of drug-likeness (QED) is 0.817. The number of carbonyl (C=O) groups excluding carboxylic acids is 1. The molecule has 0 aromatic carbocycles. The van der Waals surface area contributed by atoms with E-state index in [1.807, 2.05) is 20.8 Å². The van der Waals surface area contributed by atoms with Crippen molar-refractivity contribution in [2.24, 2.45) is 0 Å². The summed E-state index contributed by atoms with van der Waals surface area (Å²) in [5.41, 5.74) is -0.737. The van der Waals surface area contributed by atoms with Crippen molar-refractivity contribution in [2.75, 3.05) is 18.1 Å². The average molecular weight is 332 g/mol. The molecule has 0 aromatic rings. The first-order valence-corrected chi connectivity index (χ1v) is 9.86. The van der Waals surface area contributed by atoms with Gasteiger partial charge in [0.2, 0.25) is 0 Å². The van der Waals surface area contributed by atoms with Gasteiger partial charge in [0.05, 0.1) is 17.0 Å². The Hall–Kier alpha value is -0.820. The molecule has 1 saturated carbocycles. The van der Waals surface area contributed by atoms with Crippen LogP contribution in [0.2, 0.25) is 0 Å². The predicted octanol–water partition coefficient (Wildman–Crippen LogP) is 1.60. The Kier molecular flexibility index (Phi) is 5.06. The molecule has 0 aromatic heterocycles. The van der Waals surface area contributed by atoms with Crippen molar-refractivity contribution < 1.29 is 17.9 Å². The molecule has 0 unspecified atom stereocenters. The van der Waals surface area contributed by atoms with Crippen molar-refractivity contribution >= 4 is 15.9 Å². The molecule has 0 spiro atoms. The van der Waals surface area contributed by atoms with Gasteiger partial charge in [-0.15, -0.1) is 0 Å². The van der Waals surface area contributed by atoms with Crippen LogP contribution >= 0.6 is 0 Å². The smallest absolute Gasteiger partial charge is 0.408 e. The van der Waals surface area contributed by atoms with E-state index in [0.717, 1.165) is 19.3 Å². The van der Waals surface area contributed by atoms with Gasteiger partial charge in [0.15, 0.2) is 0 Å². The van der Waals surface area contributed by atoms with Crippen molar-refractivity contribution in [3.63, 3.8) is 0 Å². The van der Waals surface area contributed by atoms with Gasteiger partial charge in [-0.25, -0.2) is 13.2 Å². The SMILES string of the molecule is CC(C)(C)OC(=O)NC1(CNC2CCS(=O)(=O)CC2)CCC1. The zero-order chi connectivity index (χ0) is 16.4. The summed E-state index contributed by atoms with van der Waals surface area (Å²) in [6, 6.07) is 0.224. The first-order valence-electron chi connectivity index (χ1n) is 8.04. The van der Waals surface area contributed by atoms with Crippen molar-refractivity contribution in [3.05, 3.63) is 0 Å². The summed E-state index contributed by atoms with van der Waals surface area (Å²) < 4.78 is 28.2. The van der Waals surface area contributed by atoms with Gasteiger partial charge in [-0.2, -0.15) is 0 Å². The molecule has 1 amide bonds. The summed E-state index contributed by atoms with van der Waals surface area (Å²) in [6.07, 6.45) is 3.90. The normalized spacial score (nSPS) is 24.3. The highest BCUT2D eigenvalue weighted by molar-refractivity contribution is 7.91. The third-order valence-corrected chi connectivity index (χ3v) is 6.08. The van der Waals surface area contributed by atoms with E-state index in [1.165, 1.54) is 0 Å². The predicted molar refractivity (Wildman–Crippen MR) is 85.6 cm³/mol. The zero-order valence-corrected chi connectivity index (χ0v) is 14.6. The van der Waals surface area contributed by atoms with Crippen LogP contribution in [-0.4, -0.2) is 49.7 Å². The minimum atomic E-state index is -2.83. The fourth-order valence-electron chi connectivity index (χ4n) is 2.90. The molecule has 7 heteroatoms. The maximum absolute atomic E-state index is 12.0. The Bertz CT molecular complexity index is 492. The van der Waals surface area contributed by atoms with Crippen LogP contribution in [0.25, 0.3) is 0 Å². The van der Waals surface area contributed by atoms with E-state index >= 15 is 0 Å². The second-order valence-corrected chi connectivity index (χ2v) is 9.87. The van der Waals surface area contributed by atoms with Gasteiger partial charge >= 0.3 is 6.09 Å². The lowest BCUT2D eigenvalue weighted by Gasteiger charge is -2.44. The van der Waals surface area contributed by atoms with Crippen LogP contribution in [0.5, 0.6) is 0 Å². The molecule has 1 saturated heterocycles. The molecule has 1 aliphatic carbocycles. The Labute approximate surface area is 133 Å². The third kappa shape index (κ3) is 5.12. The fraction of sp³-hybridized carbons (Fsp3) is 0.933. The van der Waals surface area contributed by atoms with E-state index in [4.69, 9.17) is 4.74 Å². The monoisotopic (exact) mass is 332 g/mol. The van der Waals surface area contributed by atoms with E-state index in [2.05, 4.69) is 10.6 Å². The van der Waals surface area contributed by atoms with Crippen molar-refractivity contribution in [2.45, 2.75) is 70.1 Å². The number of sulfone groups is 1. The number of carbonyl (C=O) groups is 1. The molecule has 128 valence electrons. The van der Waals surface area contributed by atoms with E-state index in [1.54, 1.807) is 0 Å². The number of alkyl carbamates (subject to hydrolysis) is 1. The molecule has 1 aliphatic heterocycles. The summed E-state index contributed by atoms with van der Waals surface area (Å²) in [6.45, 7) is 6.22. The largest absolute Gasteiger partial charge is 0.444 e. The Morgan fingerprint density at radius 2 is 1.82 bits per heavy atom. The molecule has 0 bridgehead atoms. The van der Waals surface area contributed by atoms with Crippen LogP contribution in [-0.2, 0) is 14.6 Å². The summed E-state index contributed by atoms with van der Waals surface area (Å²) in [5, 5.41) is 6.44. The molecule has 22 heavy (non-hydrogen) atoms. The topological polar surface area (TPSA) is 84.5 Å². The summed E-state index contributed by atoms with van der Waals surface area (Å²) in [5.74, 6) is 0.522. The summed E-state index contributed by atoms with van der Waals surface area (Å²) >= 11 is 0. The van der Waals surface area contributed by atoms with Crippen LogP contribution in [0.1, 0.15) is 52.9 Å². The number of hydrogen-bond donors (Lipinski definition) is 2. The lowest BCUT2D eigenvalue weighted by atomic mass is 9.76. The van der Waals surface area contributed by atoms with Gasteiger partial charge in [0.25, 0.3) is 0 Å². The second kappa shape index (κ2) is 6.35. The van der Waals surface area contributed by atoms with Crippen LogP contribution in [0.3, 0.4) is 0 Å². The maximum Gasteiger partial charge on any atom is 0.408 e. The molecule has 6 nitrogen and oxygen atoms in total. The number of ether oxygens (including phenoxy) is 1. The van der Waals surface area contributed by atoms with Crippen LogP contribution in [0.15, 0.2) is 0 Å². The second-order valence-electron chi connectivity index (χ2n) is 7.57. The van der Waals surface area contributed by atoms with E-state index in [9.17, 15) is 13.2 Å². The highest BCUT2D eigenvalue weighted by Crippen LogP contribution is 2.32. The molecular weight excluding hydrogens is 304 g/mol.